The molecule has 0 bridgehead atoms. The molecule has 0 aliphatic carbocycles. The van der Waals surface area contributed by atoms with Gasteiger partial charge in [-0.1, -0.05) is 29.4 Å². The predicted molar refractivity (Wildman–Crippen MR) is 90.9 cm³/mol. The smallest absolute Gasteiger partial charge is 0.240 e. The Hall–Kier alpha value is -1.26. The highest BCUT2D eigenvalue weighted by molar-refractivity contribution is 8.00. The monoisotopic (exact) mass is 392 g/mol. The van der Waals surface area contributed by atoms with Gasteiger partial charge in [-0.2, -0.15) is 0 Å². The van der Waals surface area contributed by atoms with Crippen LogP contribution < -0.4 is 10.9 Å². The van der Waals surface area contributed by atoms with Crippen LogP contribution in [0, 0.1) is 0 Å². The van der Waals surface area contributed by atoms with Crippen LogP contribution in [-0.2, 0) is 19.9 Å². The van der Waals surface area contributed by atoms with Crippen LogP contribution in [0.15, 0.2) is 56.0 Å². The first kappa shape index (κ1) is 18.1. The summed E-state index contributed by atoms with van der Waals surface area (Å²) in [6.07, 6.45) is 1.01. The number of sulfone groups is 1. The van der Waals surface area contributed by atoms with Gasteiger partial charge in [0.15, 0.2) is 9.84 Å². The standard InChI is InChI=1S/C13H13ClN2O4S3/c1-22(17,18)11-6-5-10(23(16,19)20)12(15)13(11)21-9-4-2-3-8(14)7-9/h2-7H,15H2,1H3,(H2,16,19,20). The summed E-state index contributed by atoms with van der Waals surface area (Å²) in [5, 5.41) is 5.57. The summed E-state index contributed by atoms with van der Waals surface area (Å²) >= 11 is 6.91. The van der Waals surface area contributed by atoms with E-state index in [1.165, 1.54) is 6.07 Å². The summed E-state index contributed by atoms with van der Waals surface area (Å²) in [6, 6.07) is 8.92. The molecular weight excluding hydrogens is 380 g/mol. The molecule has 0 radical (unpaired) electrons. The van der Waals surface area contributed by atoms with Crippen LogP contribution in [0.25, 0.3) is 0 Å². The Morgan fingerprint density at radius 1 is 1.04 bits per heavy atom. The van der Waals surface area contributed by atoms with Gasteiger partial charge in [0.2, 0.25) is 10.0 Å². The van der Waals surface area contributed by atoms with Gasteiger partial charge in [-0.25, -0.2) is 22.0 Å². The summed E-state index contributed by atoms with van der Waals surface area (Å²) in [5.41, 5.74) is 5.67. The highest BCUT2D eigenvalue weighted by Gasteiger charge is 2.23. The molecule has 0 aliphatic rings. The van der Waals surface area contributed by atoms with E-state index in [4.69, 9.17) is 22.5 Å². The number of nitrogen functional groups attached to an aromatic ring is 1. The molecule has 124 valence electrons. The summed E-state index contributed by atoms with van der Waals surface area (Å²) in [7, 11) is -7.70. The first-order chi connectivity index (χ1) is 10.5. The van der Waals surface area contributed by atoms with E-state index in [1.54, 1.807) is 24.3 Å². The number of nitrogens with two attached hydrogens (primary N) is 2. The highest BCUT2D eigenvalue weighted by atomic mass is 35.5. The second-order valence-electron chi connectivity index (χ2n) is 4.68. The summed E-state index contributed by atoms with van der Waals surface area (Å²) < 4.78 is 47.1. The van der Waals surface area contributed by atoms with Gasteiger partial charge < -0.3 is 5.73 Å². The Labute approximate surface area is 143 Å². The van der Waals surface area contributed by atoms with E-state index in [9.17, 15) is 16.8 Å². The zero-order valence-corrected chi connectivity index (χ0v) is 15.1. The molecule has 4 N–H and O–H groups in total. The van der Waals surface area contributed by atoms with E-state index in [0.29, 0.717) is 9.92 Å². The van der Waals surface area contributed by atoms with Crippen LogP contribution in [0.2, 0.25) is 5.02 Å². The third kappa shape index (κ3) is 4.18. The van der Waals surface area contributed by atoms with E-state index in [1.807, 2.05) is 0 Å². The number of hydrogen-bond donors (Lipinski definition) is 2. The van der Waals surface area contributed by atoms with Gasteiger partial charge in [0.05, 0.1) is 15.5 Å². The fourth-order valence-corrected chi connectivity index (χ4v) is 5.14. The molecule has 0 saturated heterocycles. The average molecular weight is 393 g/mol. The molecule has 0 heterocycles. The maximum absolute atomic E-state index is 11.9. The normalized spacial score (nSPS) is 12.3. The van der Waals surface area contributed by atoms with Crippen molar-refractivity contribution >= 4 is 48.9 Å². The van der Waals surface area contributed by atoms with Crippen molar-refractivity contribution < 1.29 is 16.8 Å². The molecule has 0 atom stereocenters. The molecule has 23 heavy (non-hydrogen) atoms. The molecule has 0 amide bonds. The number of sulfonamides is 1. The third-order valence-corrected chi connectivity index (χ3v) is 6.45. The molecule has 2 aromatic rings. The van der Waals surface area contributed by atoms with E-state index < -0.39 is 19.9 Å². The highest BCUT2D eigenvalue weighted by Crippen LogP contribution is 2.40. The molecule has 0 unspecified atom stereocenters. The van der Waals surface area contributed by atoms with Gasteiger partial charge in [0.25, 0.3) is 0 Å². The van der Waals surface area contributed by atoms with Crippen molar-refractivity contribution in [1.29, 1.82) is 0 Å². The zero-order valence-electron chi connectivity index (χ0n) is 11.9. The fraction of sp³-hybridized carbons (Fsp3) is 0.0769. The number of anilines is 1. The maximum atomic E-state index is 11.9. The molecule has 0 saturated carbocycles. The molecule has 2 rings (SSSR count). The van der Waals surface area contributed by atoms with Crippen LogP contribution in [0.4, 0.5) is 5.69 Å². The van der Waals surface area contributed by atoms with Gasteiger partial charge in [-0.15, -0.1) is 0 Å². The Morgan fingerprint density at radius 3 is 2.17 bits per heavy atom. The maximum Gasteiger partial charge on any atom is 0.240 e. The zero-order chi connectivity index (χ0) is 17.4. The topological polar surface area (TPSA) is 120 Å². The van der Waals surface area contributed by atoms with Crippen LogP contribution in [-0.4, -0.2) is 23.1 Å². The van der Waals surface area contributed by atoms with Crippen molar-refractivity contribution in [2.24, 2.45) is 5.14 Å². The summed E-state index contributed by atoms with van der Waals surface area (Å²) in [6.45, 7) is 0. The largest absolute Gasteiger partial charge is 0.397 e. The van der Waals surface area contributed by atoms with E-state index >= 15 is 0 Å². The molecule has 2 aromatic carbocycles. The van der Waals surface area contributed by atoms with E-state index in [-0.39, 0.29) is 20.4 Å². The lowest BCUT2D eigenvalue weighted by Crippen LogP contribution is -2.16. The van der Waals surface area contributed by atoms with Crippen molar-refractivity contribution in [2.75, 3.05) is 12.0 Å². The minimum absolute atomic E-state index is 0.0765. The first-order valence-corrected chi connectivity index (χ1v) is 10.7. The van der Waals surface area contributed by atoms with Gasteiger partial charge in [-0.05, 0) is 30.3 Å². The lowest BCUT2D eigenvalue weighted by molar-refractivity contribution is 0.594. The Kier molecular flexibility index (Phi) is 4.97. The molecule has 0 aliphatic heterocycles. The molecule has 6 nitrogen and oxygen atoms in total. The summed E-state index contributed by atoms with van der Waals surface area (Å²) in [5.74, 6) is 0. The number of rotatable bonds is 4. The lowest BCUT2D eigenvalue weighted by Gasteiger charge is -2.14. The van der Waals surface area contributed by atoms with Gasteiger partial charge >= 0.3 is 0 Å². The van der Waals surface area contributed by atoms with E-state index in [2.05, 4.69) is 0 Å². The van der Waals surface area contributed by atoms with Gasteiger partial charge in [0, 0.05) is 16.2 Å². The molecule has 0 aromatic heterocycles. The second kappa shape index (κ2) is 6.33. The minimum Gasteiger partial charge on any atom is -0.397 e. The quantitative estimate of drug-likeness (QED) is 0.769. The third-order valence-electron chi connectivity index (χ3n) is 2.84. The number of halogens is 1. The van der Waals surface area contributed by atoms with Crippen LogP contribution >= 0.6 is 23.4 Å². The van der Waals surface area contributed by atoms with Crippen molar-refractivity contribution in [3.05, 3.63) is 41.4 Å². The number of benzene rings is 2. The van der Waals surface area contributed by atoms with E-state index in [0.717, 1.165) is 24.1 Å². The van der Waals surface area contributed by atoms with Crippen molar-refractivity contribution in [1.82, 2.24) is 0 Å². The van der Waals surface area contributed by atoms with Crippen molar-refractivity contribution in [2.45, 2.75) is 19.6 Å². The van der Waals surface area contributed by atoms with Crippen molar-refractivity contribution in [3.63, 3.8) is 0 Å². The summed E-state index contributed by atoms with van der Waals surface area (Å²) in [4.78, 5) is 0.309. The van der Waals surface area contributed by atoms with Gasteiger partial charge in [-0.3, -0.25) is 0 Å². The Balaban J connectivity index is 2.72. The van der Waals surface area contributed by atoms with Crippen molar-refractivity contribution in [3.8, 4) is 0 Å². The Bertz CT molecular complexity index is 973. The predicted octanol–water partition coefficient (Wildman–Crippen LogP) is 2.12. The number of hydrogen-bond acceptors (Lipinski definition) is 6. The molecule has 0 spiro atoms. The number of primary sulfonamides is 1. The molecule has 10 heteroatoms. The molecular formula is C13H13ClN2O4S3. The Morgan fingerprint density at radius 2 is 1.65 bits per heavy atom. The average Bonchev–Trinajstić information content (AvgIpc) is 2.38. The molecule has 0 fully saturated rings. The SMILES string of the molecule is CS(=O)(=O)c1ccc(S(N)(=O)=O)c(N)c1Sc1cccc(Cl)c1. The second-order valence-corrected chi connectivity index (χ2v) is 9.72. The van der Waals surface area contributed by atoms with Crippen LogP contribution in [0.3, 0.4) is 0 Å². The van der Waals surface area contributed by atoms with Gasteiger partial charge in [0.1, 0.15) is 4.90 Å². The fourth-order valence-electron chi connectivity index (χ4n) is 1.86. The van der Waals surface area contributed by atoms with Crippen LogP contribution in [0.1, 0.15) is 0 Å². The van der Waals surface area contributed by atoms with Crippen LogP contribution in [0.5, 0.6) is 0 Å². The minimum atomic E-state index is -4.08. The lowest BCUT2D eigenvalue weighted by atomic mass is 10.3. The first-order valence-electron chi connectivity index (χ1n) is 6.09.